The fourth-order valence-electron chi connectivity index (χ4n) is 2.43. The standard InChI is InChI=1S/C14H8Cl4/c15-11-5-2-4-10-9(11)7-8-3-1-6-12(16)13(8)14(10,17)18/h1-6H,7H2. The molecule has 2 aromatic carbocycles. The van der Waals surface area contributed by atoms with Crippen LogP contribution in [0.2, 0.25) is 10.0 Å². The Balaban J connectivity index is 2.34. The molecule has 0 atom stereocenters. The summed E-state index contributed by atoms with van der Waals surface area (Å²) in [6, 6.07) is 11.3. The maximum absolute atomic E-state index is 6.53. The summed E-state index contributed by atoms with van der Waals surface area (Å²) in [5, 5.41) is 1.27. The first-order valence-electron chi connectivity index (χ1n) is 5.45. The molecule has 0 radical (unpaired) electrons. The highest BCUT2D eigenvalue weighted by molar-refractivity contribution is 6.51. The van der Waals surface area contributed by atoms with Crippen molar-refractivity contribution in [3.63, 3.8) is 0 Å². The van der Waals surface area contributed by atoms with Gasteiger partial charge in [0, 0.05) is 15.6 Å². The van der Waals surface area contributed by atoms with Crippen LogP contribution in [0.3, 0.4) is 0 Å². The van der Waals surface area contributed by atoms with Crippen LogP contribution in [0, 0.1) is 0 Å². The first-order valence-corrected chi connectivity index (χ1v) is 6.96. The SMILES string of the molecule is Clc1cccc2c1Cc1cccc(Cl)c1C2(Cl)Cl. The van der Waals surface area contributed by atoms with Crippen LogP contribution >= 0.6 is 46.4 Å². The first-order chi connectivity index (χ1) is 8.51. The van der Waals surface area contributed by atoms with Gasteiger partial charge in [-0.05, 0) is 35.2 Å². The van der Waals surface area contributed by atoms with Crippen LogP contribution in [0.25, 0.3) is 0 Å². The van der Waals surface area contributed by atoms with Crippen molar-refractivity contribution in [2.24, 2.45) is 0 Å². The quantitative estimate of drug-likeness (QED) is 0.557. The second-order valence-electron chi connectivity index (χ2n) is 4.29. The summed E-state index contributed by atoms with van der Waals surface area (Å²) < 4.78 is -1.15. The number of benzene rings is 2. The molecular weight excluding hydrogens is 310 g/mol. The molecule has 0 bridgehead atoms. The average molecular weight is 318 g/mol. The van der Waals surface area contributed by atoms with Gasteiger partial charge in [0.1, 0.15) is 0 Å². The van der Waals surface area contributed by atoms with Gasteiger partial charge in [-0.15, -0.1) is 0 Å². The lowest BCUT2D eigenvalue weighted by molar-refractivity contribution is 0.917. The van der Waals surface area contributed by atoms with E-state index in [1.54, 1.807) is 6.07 Å². The highest BCUT2D eigenvalue weighted by Gasteiger charge is 2.39. The molecule has 18 heavy (non-hydrogen) atoms. The summed E-state index contributed by atoms with van der Waals surface area (Å²) in [6.07, 6.45) is 0.700. The van der Waals surface area contributed by atoms with E-state index < -0.39 is 4.33 Å². The lowest BCUT2D eigenvalue weighted by Crippen LogP contribution is -2.23. The van der Waals surface area contributed by atoms with E-state index >= 15 is 0 Å². The molecule has 0 spiro atoms. The summed E-state index contributed by atoms with van der Waals surface area (Å²) in [7, 11) is 0. The smallest absolute Gasteiger partial charge is 0.0908 e. The predicted octanol–water partition coefficient (Wildman–Crippen LogP) is 5.58. The Morgan fingerprint density at radius 2 is 1.56 bits per heavy atom. The van der Waals surface area contributed by atoms with Crippen LogP contribution < -0.4 is 0 Å². The number of halogens is 4. The Labute approximate surface area is 125 Å². The van der Waals surface area contributed by atoms with Crippen molar-refractivity contribution < 1.29 is 0 Å². The second kappa shape index (κ2) is 4.31. The highest BCUT2D eigenvalue weighted by Crippen LogP contribution is 2.51. The monoisotopic (exact) mass is 316 g/mol. The molecule has 0 heterocycles. The van der Waals surface area contributed by atoms with Crippen LogP contribution in [0.4, 0.5) is 0 Å². The van der Waals surface area contributed by atoms with Gasteiger partial charge in [0.25, 0.3) is 0 Å². The van der Waals surface area contributed by atoms with Crippen molar-refractivity contribution in [1.82, 2.24) is 0 Å². The third-order valence-corrected chi connectivity index (χ3v) is 4.69. The summed E-state index contributed by atoms with van der Waals surface area (Å²) in [5.74, 6) is 0. The molecule has 0 saturated carbocycles. The number of hydrogen-bond donors (Lipinski definition) is 0. The Bertz CT molecular complexity index is 632. The van der Waals surface area contributed by atoms with Gasteiger partial charge in [-0.25, -0.2) is 0 Å². The summed E-state index contributed by atoms with van der Waals surface area (Å²) in [6.45, 7) is 0. The van der Waals surface area contributed by atoms with Crippen LogP contribution in [-0.2, 0) is 10.8 Å². The molecule has 4 heteroatoms. The lowest BCUT2D eigenvalue weighted by Gasteiger charge is -2.32. The second-order valence-corrected chi connectivity index (χ2v) is 6.43. The number of alkyl halides is 2. The van der Waals surface area contributed by atoms with E-state index in [0.29, 0.717) is 16.5 Å². The molecule has 0 nitrogen and oxygen atoms in total. The normalized spacial score (nSPS) is 16.0. The number of rotatable bonds is 0. The zero-order chi connectivity index (χ0) is 12.9. The van der Waals surface area contributed by atoms with Crippen molar-refractivity contribution in [3.05, 3.63) is 68.7 Å². The van der Waals surface area contributed by atoms with Crippen molar-refractivity contribution >= 4 is 46.4 Å². The Kier molecular flexibility index (Phi) is 3.03. The predicted molar refractivity (Wildman–Crippen MR) is 78.2 cm³/mol. The van der Waals surface area contributed by atoms with Crippen molar-refractivity contribution in [2.45, 2.75) is 10.8 Å². The first kappa shape index (κ1) is 12.6. The molecule has 3 rings (SSSR count). The van der Waals surface area contributed by atoms with Gasteiger partial charge in [-0.2, -0.15) is 0 Å². The fourth-order valence-corrected chi connectivity index (χ4v) is 3.90. The molecule has 0 N–H and O–H groups in total. The van der Waals surface area contributed by atoms with E-state index in [2.05, 4.69) is 0 Å². The number of fused-ring (bicyclic) bond motifs is 2. The summed E-state index contributed by atoms with van der Waals surface area (Å²) in [4.78, 5) is 0. The minimum absolute atomic E-state index is 0.586. The Morgan fingerprint density at radius 1 is 0.889 bits per heavy atom. The Morgan fingerprint density at radius 3 is 2.33 bits per heavy atom. The molecule has 0 saturated heterocycles. The van der Waals surface area contributed by atoms with Gasteiger partial charge in [0.2, 0.25) is 0 Å². The van der Waals surface area contributed by atoms with Gasteiger partial charge in [0.15, 0.2) is 4.33 Å². The topological polar surface area (TPSA) is 0 Å². The lowest BCUT2D eigenvalue weighted by atomic mass is 9.85. The minimum atomic E-state index is -1.15. The largest absolute Gasteiger partial charge is 0.170 e. The Hall–Kier alpha value is -0.400. The van der Waals surface area contributed by atoms with Crippen molar-refractivity contribution in [3.8, 4) is 0 Å². The van der Waals surface area contributed by atoms with Gasteiger partial charge >= 0.3 is 0 Å². The third-order valence-electron chi connectivity index (χ3n) is 3.24. The molecule has 0 aliphatic heterocycles. The molecule has 92 valence electrons. The minimum Gasteiger partial charge on any atom is -0.0908 e. The molecular formula is C14H8Cl4. The van der Waals surface area contributed by atoms with Gasteiger partial charge in [-0.1, -0.05) is 70.7 Å². The highest BCUT2D eigenvalue weighted by atomic mass is 35.5. The van der Waals surface area contributed by atoms with Crippen LogP contribution in [-0.4, -0.2) is 0 Å². The maximum atomic E-state index is 6.53. The third kappa shape index (κ3) is 1.75. The molecule has 1 aliphatic carbocycles. The molecule has 1 aliphatic rings. The van der Waals surface area contributed by atoms with E-state index in [1.165, 1.54) is 0 Å². The van der Waals surface area contributed by atoms with E-state index in [9.17, 15) is 0 Å². The van der Waals surface area contributed by atoms with Crippen LogP contribution in [0.1, 0.15) is 22.3 Å². The number of hydrogen-bond acceptors (Lipinski definition) is 0. The van der Waals surface area contributed by atoms with Crippen LogP contribution in [0.5, 0.6) is 0 Å². The van der Waals surface area contributed by atoms with Gasteiger partial charge < -0.3 is 0 Å². The van der Waals surface area contributed by atoms with E-state index in [-0.39, 0.29) is 0 Å². The van der Waals surface area contributed by atoms with Gasteiger partial charge in [0.05, 0.1) is 0 Å². The summed E-state index contributed by atoms with van der Waals surface area (Å²) in [5.41, 5.74) is 3.58. The average Bonchev–Trinajstić information content (AvgIpc) is 2.30. The summed E-state index contributed by atoms with van der Waals surface area (Å²) >= 11 is 25.5. The van der Waals surface area contributed by atoms with E-state index in [0.717, 1.165) is 22.3 Å². The zero-order valence-corrected chi connectivity index (χ0v) is 12.2. The van der Waals surface area contributed by atoms with E-state index in [1.807, 2.05) is 30.3 Å². The zero-order valence-electron chi connectivity index (χ0n) is 9.18. The molecule has 2 aromatic rings. The molecule has 0 fully saturated rings. The van der Waals surface area contributed by atoms with E-state index in [4.69, 9.17) is 46.4 Å². The molecule has 0 unspecified atom stereocenters. The molecule has 0 aromatic heterocycles. The van der Waals surface area contributed by atoms with Crippen LogP contribution in [0.15, 0.2) is 36.4 Å². The molecule has 0 amide bonds. The van der Waals surface area contributed by atoms with Crippen molar-refractivity contribution in [1.29, 1.82) is 0 Å². The maximum Gasteiger partial charge on any atom is 0.170 e. The fraction of sp³-hybridized carbons (Fsp3) is 0.143. The van der Waals surface area contributed by atoms with Crippen molar-refractivity contribution in [2.75, 3.05) is 0 Å². The van der Waals surface area contributed by atoms with Gasteiger partial charge in [-0.3, -0.25) is 0 Å².